The summed E-state index contributed by atoms with van der Waals surface area (Å²) in [4.78, 5) is 30.7. The number of piperidine rings is 1. The largest absolute Gasteiger partial charge is 0.343 e. The van der Waals surface area contributed by atoms with Crippen LogP contribution in [0, 0.1) is 5.92 Å². The minimum Gasteiger partial charge on any atom is -0.343 e. The van der Waals surface area contributed by atoms with Crippen molar-refractivity contribution in [1.29, 1.82) is 0 Å². The Labute approximate surface area is 152 Å². The van der Waals surface area contributed by atoms with Crippen molar-refractivity contribution in [1.82, 2.24) is 24.8 Å². The third kappa shape index (κ3) is 3.64. The van der Waals surface area contributed by atoms with Gasteiger partial charge in [-0.05, 0) is 43.4 Å². The van der Waals surface area contributed by atoms with Crippen LogP contribution in [0.3, 0.4) is 0 Å². The van der Waals surface area contributed by atoms with Crippen LogP contribution in [0.15, 0.2) is 55.1 Å². The molecule has 0 aliphatic carbocycles. The highest BCUT2D eigenvalue weighted by Crippen LogP contribution is 2.22. The molecule has 26 heavy (non-hydrogen) atoms. The number of rotatable bonds is 4. The summed E-state index contributed by atoms with van der Waals surface area (Å²) in [5.74, 6) is 1.28. The SMILES string of the molecule is O=C(c1ccccc1)N1CCC[C@@H](Cc2cc(-c3ncc[nH]3)ncn2)C1. The molecule has 0 unspecified atom stereocenters. The number of carbonyl (C=O) groups is 1. The van der Waals surface area contributed by atoms with Gasteiger partial charge in [0.25, 0.3) is 5.91 Å². The van der Waals surface area contributed by atoms with Crippen LogP contribution in [0.1, 0.15) is 28.9 Å². The summed E-state index contributed by atoms with van der Waals surface area (Å²) in [6.07, 6.45) is 8.06. The van der Waals surface area contributed by atoms with Gasteiger partial charge < -0.3 is 9.88 Å². The zero-order valence-corrected chi connectivity index (χ0v) is 14.5. The van der Waals surface area contributed by atoms with E-state index in [0.717, 1.165) is 55.1 Å². The first-order chi connectivity index (χ1) is 12.8. The fourth-order valence-corrected chi connectivity index (χ4v) is 3.52. The van der Waals surface area contributed by atoms with Crippen molar-refractivity contribution >= 4 is 5.91 Å². The van der Waals surface area contributed by atoms with Crippen LogP contribution in [-0.4, -0.2) is 43.8 Å². The number of nitrogens with zero attached hydrogens (tertiary/aromatic N) is 4. The fraction of sp³-hybridized carbons (Fsp3) is 0.300. The highest BCUT2D eigenvalue weighted by molar-refractivity contribution is 5.94. The number of aromatic nitrogens is 4. The van der Waals surface area contributed by atoms with Gasteiger partial charge >= 0.3 is 0 Å². The Hall–Kier alpha value is -3.02. The maximum Gasteiger partial charge on any atom is 0.253 e. The third-order valence-electron chi connectivity index (χ3n) is 4.79. The van der Waals surface area contributed by atoms with Crippen LogP contribution in [0.2, 0.25) is 0 Å². The van der Waals surface area contributed by atoms with Gasteiger partial charge in [0.1, 0.15) is 12.0 Å². The number of carbonyl (C=O) groups excluding carboxylic acids is 1. The van der Waals surface area contributed by atoms with E-state index in [1.807, 2.05) is 41.3 Å². The zero-order valence-electron chi connectivity index (χ0n) is 14.5. The van der Waals surface area contributed by atoms with E-state index in [4.69, 9.17) is 0 Å². The molecule has 0 bridgehead atoms. The number of nitrogens with one attached hydrogen (secondary N) is 1. The molecule has 1 N–H and O–H groups in total. The number of likely N-dealkylation sites (tertiary alicyclic amines) is 1. The van der Waals surface area contributed by atoms with Gasteiger partial charge in [-0.3, -0.25) is 4.79 Å². The van der Waals surface area contributed by atoms with Crippen molar-refractivity contribution in [3.05, 3.63) is 66.4 Å². The molecule has 6 nitrogen and oxygen atoms in total. The lowest BCUT2D eigenvalue weighted by molar-refractivity contribution is 0.0673. The second kappa shape index (κ2) is 7.47. The zero-order chi connectivity index (χ0) is 17.8. The molecule has 0 spiro atoms. The molecule has 1 aliphatic rings. The smallest absolute Gasteiger partial charge is 0.253 e. The lowest BCUT2D eigenvalue weighted by Gasteiger charge is -2.32. The number of aromatic amines is 1. The maximum atomic E-state index is 12.7. The highest BCUT2D eigenvalue weighted by Gasteiger charge is 2.25. The van der Waals surface area contributed by atoms with Crippen molar-refractivity contribution in [3.63, 3.8) is 0 Å². The minimum absolute atomic E-state index is 0.120. The first-order valence-electron chi connectivity index (χ1n) is 8.94. The van der Waals surface area contributed by atoms with Crippen molar-refractivity contribution in [2.75, 3.05) is 13.1 Å². The van der Waals surface area contributed by atoms with E-state index in [0.29, 0.717) is 5.92 Å². The first kappa shape index (κ1) is 16.4. The molecule has 1 aromatic carbocycles. The van der Waals surface area contributed by atoms with E-state index in [2.05, 4.69) is 19.9 Å². The third-order valence-corrected chi connectivity index (χ3v) is 4.79. The number of hydrogen-bond acceptors (Lipinski definition) is 4. The molecule has 0 radical (unpaired) electrons. The van der Waals surface area contributed by atoms with Gasteiger partial charge in [-0.25, -0.2) is 15.0 Å². The molecule has 2 aromatic heterocycles. The van der Waals surface area contributed by atoms with Gasteiger partial charge in [-0.15, -0.1) is 0 Å². The van der Waals surface area contributed by atoms with Gasteiger partial charge in [0.15, 0.2) is 5.82 Å². The van der Waals surface area contributed by atoms with E-state index in [9.17, 15) is 4.79 Å². The Morgan fingerprint density at radius 1 is 1.19 bits per heavy atom. The van der Waals surface area contributed by atoms with Gasteiger partial charge in [0.2, 0.25) is 0 Å². The molecule has 3 heterocycles. The highest BCUT2D eigenvalue weighted by atomic mass is 16.2. The van der Waals surface area contributed by atoms with Crippen LogP contribution in [0.4, 0.5) is 0 Å². The van der Waals surface area contributed by atoms with Crippen LogP contribution >= 0.6 is 0 Å². The lowest BCUT2D eigenvalue weighted by Crippen LogP contribution is -2.40. The molecule has 3 aromatic rings. The standard InChI is InChI=1S/C20H21N5O/c26-20(16-6-2-1-3-7-16)25-10-4-5-15(13-25)11-17-12-18(24-14-23-17)19-21-8-9-22-19/h1-3,6-9,12,14-15H,4-5,10-11,13H2,(H,21,22)/t15-/m0/s1. The summed E-state index contributed by atoms with van der Waals surface area (Å²) in [5, 5.41) is 0. The molecule has 1 aliphatic heterocycles. The number of imidazole rings is 1. The Balaban J connectivity index is 1.44. The van der Waals surface area contributed by atoms with Crippen LogP contribution in [0.5, 0.6) is 0 Å². The fourth-order valence-electron chi connectivity index (χ4n) is 3.52. The maximum absolute atomic E-state index is 12.7. The number of amides is 1. The Bertz CT molecular complexity index is 863. The molecule has 0 saturated carbocycles. The molecule has 132 valence electrons. The van der Waals surface area contributed by atoms with Gasteiger partial charge in [-0.2, -0.15) is 0 Å². The minimum atomic E-state index is 0.120. The van der Waals surface area contributed by atoms with Crippen molar-refractivity contribution in [3.8, 4) is 11.5 Å². The average Bonchev–Trinajstić information content (AvgIpc) is 3.23. The summed E-state index contributed by atoms with van der Waals surface area (Å²) in [5.41, 5.74) is 2.55. The summed E-state index contributed by atoms with van der Waals surface area (Å²) in [6.45, 7) is 1.60. The van der Waals surface area contributed by atoms with E-state index in [-0.39, 0.29) is 5.91 Å². The summed E-state index contributed by atoms with van der Waals surface area (Å²) < 4.78 is 0. The molecule has 1 saturated heterocycles. The second-order valence-electron chi connectivity index (χ2n) is 6.66. The quantitative estimate of drug-likeness (QED) is 0.787. The molecule has 4 rings (SSSR count). The summed E-state index contributed by atoms with van der Waals surface area (Å²) in [6, 6.07) is 11.5. The molecule has 1 atom stereocenters. The van der Waals surface area contributed by atoms with Gasteiger partial charge in [0, 0.05) is 36.7 Å². The average molecular weight is 347 g/mol. The predicted octanol–water partition coefficient (Wildman–Crippen LogP) is 2.96. The topological polar surface area (TPSA) is 74.8 Å². The van der Waals surface area contributed by atoms with Crippen LogP contribution in [-0.2, 0) is 6.42 Å². The Morgan fingerprint density at radius 3 is 2.88 bits per heavy atom. The molecule has 6 heteroatoms. The van der Waals surface area contributed by atoms with E-state index >= 15 is 0 Å². The Kier molecular flexibility index (Phi) is 4.73. The van der Waals surface area contributed by atoms with Crippen molar-refractivity contribution in [2.45, 2.75) is 19.3 Å². The molecule has 1 fully saturated rings. The second-order valence-corrected chi connectivity index (χ2v) is 6.66. The van der Waals surface area contributed by atoms with E-state index in [1.165, 1.54) is 0 Å². The van der Waals surface area contributed by atoms with Crippen LogP contribution < -0.4 is 0 Å². The van der Waals surface area contributed by atoms with Crippen LogP contribution in [0.25, 0.3) is 11.5 Å². The molecular formula is C20H21N5O. The lowest BCUT2D eigenvalue weighted by atomic mass is 9.92. The van der Waals surface area contributed by atoms with E-state index < -0.39 is 0 Å². The predicted molar refractivity (Wildman–Crippen MR) is 98.4 cm³/mol. The Morgan fingerprint density at radius 2 is 2.08 bits per heavy atom. The van der Waals surface area contributed by atoms with Crippen molar-refractivity contribution in [2.24, 2.45) is 5.92 Å². The monoisotopic (exact) mass is 347 g/mol. The molecular weight excluding hydrogens is 326 g/mol. The summed E-state index contributed by atoms with van der Waals surface area (Å²) in [7, 11) is 0. The van der Waals surface area contributed by atoms with E-state index in [1.54, 1.807) is 18.7 Å². The number of H-pyrrole nitrogens is 1. The summed E-state index contributed by atoms with van der Waals surface area (Å²) >= 11 is 0. The molecule has 1 amide bonds. The normalized spacial score (nSPS) is 17.2. The number of benzene rings is 1. The van der Waals surface area contributed by atoms with Gasteiger partial charge in [-0.1, -0.05) is 18.2 Å². The first-order valence-corrected chi connectivity index (χ1v) is 8.94. The van der Waals surface area contributed by atoms with Crippen molar-refractivity contribution < 1.29 is 4.79 Å². The number of hydrogen-bond donors (Lipinski definition) is 1. The van der Waals surface area contributed by atoms with Gasteiger partial charge in [0.05, 0.1) is 0 Å².